The number of fused-ring (bicyclic) bond motifs is 6. The lowest BCUT2D eigenvalue weighted by Gasteiger charge is -2.09. The Morgan fingerprint density at radius 3 is 1.45 bits per heavy atom. The first-order chi connectivity index (χ1) is 24.2. The molecule has 0 saturated carbocycles. The lowest BCUT2D eigenvalue weighted by atomic mass is 9.98. The average molecular weight is 626 g/mol. The van der Waals surface area contributed by atoms with E-state index in [0.717, 1.165) is 49.4 Å². The van der Waals surface area contributed by atoms with Gasteiger partial charge >= 0.3 is 0 Å². The van der Waals surface area contributed by atoms with E-state index in [2.05, 4.69) is 133 Å². The Morgan fingerprint density at radius 1 is 0.286 bits per heavy atom. The molecule has 0 unspecified atom stereocenters. The lowest BCUT2D eigenvalue weighted by Crippen LogP contribution is -2.00. The van der Waals surface area contributed by atoms with Crippen LogP contribution in [0.25, 0.3) is 99.5 Å². The molecule has 0 aliphatic rings. The van der Waals surface area contributed by atoms with Gasteiger partial charge in [-0.1, -0.05) is 121 Å². The third-order valence-corrected chi connectivity index (χ3v) is 9.45. The molecule has 0 bridgehead atoms. The topological polar surface area (TPSA) is 51.8 Å². The third-order valence-electron chi connectivity index (χ3n) is 9.45. The molecule has 10 rings (SSSR count). The molecule has 0 amide bonds. The van der Waals surface area contributed by atoms with E-state index in [-0.39, 0.29) is 0 Å². The van der Waals surface area contributed by atoms with E-state index in [4.69, 9.17) is 19.4 Å². The Hall–Kier alpha value is -6.65. The fourth-order valence-electron chi connectivity index (χ4n) is 6.89. The zero-order chi connectivity index (χ0) is 32.3. The number of aromatic nitrogens is 3. The van der Waals surface area contributed by atoms with E-state index in [9.17, 15) is 0 Å². The highest BCUT2D eigenvalue weighted by Gasteiger charge is 2.16. The molecule has 0 radical (unpaired) electrons. The van der Waals surface area contributed by atoms with Crippen molar-refractivity contribution >= 4 is 54.3 Å². The quantitative estimate of drug-likeness (QED) is 0.195. The molecular formula is C45H27N3O. The van der Waals surface area contributed by atoms with Gasteiger partial charge in [-0.2, -0.15) is 0 Å². The normalized spacial score (nSPS) is 11.7. The van der Waals surface area contributed by atoms with E-state index in [1.54, 1.807) is 0 Å². The number of hydrogen-bond donors (Lipinski definition) is 0. The van der Waals surface area contributed by atoms with Crippen LogP contribution in [-0.4, -0.2) is 15.0 Å². The first kappa shape index (κ1) is 27.5. The number of rotatable bonds is 4. The highest BCUT2D eigenvalue weighted by molar-refractivity contribution is 6.11. The molecule has 0 aliphatic carbocycles. The van der Waals surface area contributed by atoms with Crippen LogP contribution < -0.4 is 0 Å². The Kier molecular flexibility index (Phi) is 6.15. The molecule has 10 aromatic rings. The minimum atomic E-state index is 0.601. The predicted molar refractivity (Wildman–Crippen MR) is 201 cm³/mol. The van der Waals surface area contributed by atoms with Crippen molar-refractivity contribution in [2.45, 2.75) is 0 Å². The molecule has 0 fully saturated rings. The maximum absolute atomic E-state index is 6.49. The van der Waals surface area contributed by atoms with Gasteiger partial charge in [0.1, 0.15) is 11.2 Å². The van der Waals surface area contributed by atoms with Gasteiger partial charge in [-0.3, -0.25) is 0 Å². The van der Waals surface area contributed by atoms with Crippen LogP contribution >= 0.6 is 0 Å². The van der Waals surface area contributed by atoms with Crippen molar-refractivity contribution in [1.29, 1.82) is 0 Å². The van der Waals surface area contributed by atoms with E-state index in [0.29, 0.717) is 17.5 Å². The summed E-state index contributed by atoms with van der Waals surface area (Å²) in [5.41, 5.74) is 6.81. The minimum absolute atomic E-state index is 0.601. The van der Waals surface area contributed by atoms with Crippen molar-refractivity contribution < 1.29 is 4.42 Å². The molecule has 0 saturated heterocycles. The molecule has 49 heavy (non-hydrogen) atoms. The van der Waals surface area contributed by atoms with Crippen LogP contribution in [0, 0.1) is 0 Å². The first-order valence-corrected chi connectivity index (χ1v) is 16.4. The van der Waals surface area contributed by atoms with Crippen molar-refractivity contribution in [3.8, 4) is 45.3 Å². The van der Waals surface area contributed by atoms with E-state index in [1.807, 2.05) is 30.3 Å². The Morgan fingerprint density at radius 2 is 0.755 bits per heavy atom. The SMILES string of the molecule is c1ccc(-c2nc(-c3ccc4ccccc4c3)nc(-c3ccc4c(c3)oc3cc5ccc(-c6ccc7ccccc7c6)cc5cc34)n2)cc1. The predicted octanol–water partition coefficient (Wildman–Crippen LogP) is 11.9. The van der Waals surface area contributed by atoms with Gasteiger partial charge < -0.3 is 4.42 Å². The molecule has 2 heterocycles. The van der Waals surface area contributed by atoms with Gasteiger partial charge in [0.25, 0.3) is 0 Å². The smallest absolute Gasteiger partial charge is 0.164 e. The maximum atomic E-state index is 6.49. The van der Waals surface area contributed by atoms with Crippen LogP contribution in [0.15, 0.2) is 168 Å². The largest absolute Gasteiger partial charge is 0.456 e. The second-order valence-electron chi connectivity index (χ2n) is 12.5. The van der Waals surface area contributed by atoms with Crippen LogP contribution in [0.1, 0.15) is 0 Å². The minimum Gasteiger partial charge on any atom is -0.456 e. The number of nitrogens with zero attached hydrogens (tertiary/aromatic N) is 3. The van der Waals surface area contributed by atoms with Gasteiger partial charge in [0.2, 0.25) is 0 Å². The summed E-state index contributed by atoms with van der Waals surface area (Å²) in [6.07, 6.45) is 0. The van der Waals surface area contributed by atoms with Crippen molar-refractivity contribution in [2.24, 2.45) is 0 Å². The average Bonchev–Trinajstić information content (AvgIpc) is 3.53. The van der Waals surface area contributed by atoms with Gasteiger partial charge in [-0.15, -0.1) is 0 Å². The fourth-order valence-corrected chi connectivity index (χ4v) is 6.89. The summed E-state index contributed by atoms with van der Waals surface area (Å²) in [6, 6.07) is 57.2. The number of benzene rings is 8. The van der Waals surface area contributed by atoms with Crippen LogP contribution in [0.5, 0.6) is 0 Å². The van der Waals surface area contributed by atoms with Gasteiger partial charge in [-0.25, -0.2) is 15.0 Å². The van der Waals surface area contributed by atoms with Crippen LogP contribution in [-0.2, 0) is 0 Å². The molecule has 228 valence electrons. The summed E-state index contributed by atoms with van der Waals surface area (Å²) in [4.78, 5) is 14.9. The molecule has 8 aromatic carbocycles. The van der Waals surface area contributed by atoms with E-state index in [1.165, 1.54) is 32.7 Å². The van der Waals surface area contributed by atoms with Crippen molar-refractivity contribution in [2.75, 3.05) is 0 Å². The van der Waals surface area contributed by atoms with Gasteiger partial charge in [-0.05, 0) is 85.9 Å². The van der Waals surface area contributed by atoms with Crippen molar-refractivity contribution in [3.05, 3.63) is 164 Å². The van der Waals surface area contributed by atoms with Crippen molar-refractivity contribution in [1.82, 2.24) is 15.0 Å². The summed E-state index contributed by atoms with van der Waals surface area (Å²) in [5, 5.41) is 9.27. The molecular weight excluding hydrogens is 599 g/mol. The molecule has 2 aromatic heterocycles. The maximum Gasteiger partial charge on any atom is 0.164 e. The molecule has 0 spiro atoms. The van der Waals surface area contributed by atoms with Crippen molar-refractivity contribution in [3.63, 3.8) is 0 Å². The van der Waals surface area contributed by atoms with Crippen LogP contribution in [0.3, 0.4) is 0 Å². The van der Waals surface area contributed by atoms with E-state index >= 15 is 0 Å². The summed E-state index contributed by atoms with van der Waals surface area (Å²) in [6.45, 7) is 0. The third kappa shape index (κ3) is 4.81. The molecule has 0 atom stereocenters. The Balaban J connectivity index is 1.09. The Bertz CT molecular complexity index is 2890. The summed E-state index contributed by atoms with van der Waals surface area (Å²) in [7, 11) is 0. The fraction of sp³-hybridized carbons (Fsp3) is 0. The number of hydrogen-bond acceptors (Lipinski definition) is 4. The highest BCUT2D eigenvalue weighted by Crippen LogP contribution is 2.36. The van der Waals surface area contributed by atoms with Gasteiger partial charge in [0.15, 0.2) is 17.5 Å². The molecule has 4 heteroatoms. The standard InChI is InChI=1S/C45H27N3O/c1-2-10-30(11-3-1)43-46-44(36-19-15-29-9-5-7-13-32(29)23-36)48-45(47-43)37-20-21-39-40-25-38-24-34(17-18-35(38)26-42(40)49-41(39)27-37)33-16-14-28-8-4-6-12-31(28)22-33/h1-27H. The molecule has 0 aliphatic heterocycles. The van der Waals surface area contributed by atoms with Crippen LogP contribution in [0.2, 0.25) is 0 Å². The lowest BCUT2D eigenvalue weighted by molar-refractivity contribution is 0.669. The zero-order valence-electron chi connectivity index (χ0n) is 26.3. The van der Waals surface area contributed by atoms with Crippen LogP contribution in [0.4, 0.5) is 0 Å². The second kappa shape index (κ2) is 11.0. The van der Waals surface area contributed by atoms with E-state index < -0.39 is 0 Å². The number of furan rings is 1. The van der Waals surface area contributed by atoms with Gasteiger partial charge in [0, 0.05) is 27.5 Å². The summed E-state index contributed by atoms with van der Waals surface area (Å²) < 4.78 is 6.49. The Labute approximate surface area is 282 Å². The zero-order valence-corrected chi connectivity index (χ0v) is 26.3. The van der Waals surface area contributed by atoms with Gasteiger partial charge in [0.05, 0.1) is 0 Å². The summed E-state index contributed by atoms with van der Waals surface area (Å²) in [5.74, 6) is 1.87. The monoisotopic (exact) mass is 625 g/mol. The first-order valence-electron chi connectivity index (χ1n) is 16.4. The molecule has 0 N–H and O–H groups in total. The summed E-state index contributed by atoms with van der Waals surface area (Å²) >= 11 is 0. The highest BCUT2D eigenvalue weighted by atomic mass is 16.3. The second-order valence-corrected chi connectivity index (χ2v) is 12.5. The molecule has 4 nitrogen and oxygen atoms in total.